The van der Waals surface area contributed by atoms with Crippen molar-refractivity contribution in [2.24, 2.45) is 0 Å². The summed E-state index contributed by atoms with van der Waals surface area (Å²) in [6.07, 6.45) is 10.2. The molecule has 4 aromatic rings. The number of nitrogens with one attached hydrogen (secondary N) is 1. The maximum Gasteiger partial charge on any atom is 0.186 e. The van der Waals surface area contributed by atoms with Gasteiger partial charge in [0.25, 0.3) is 0 Å². The molecule has 6 heterocycles. The van der Waals surface area contributed by atoms with Crippen molar-refractivity contribution in [1.29, 1.82) is 0 Å². The van der Waals surface area contributed by atoms with Crippen LogP contribution in [0.2, 0.25) is 0 Å². The summed E-state index contributed by atoms with van der Waals surface area (Å²) >= 11 is 1.68. The van der Waals surface area contributed by atoms with Crippen LogP contribution in [-0.2, 0) is 0 Å². The average molecular weight is 451 g/mol. The number of rotatable bonds is 3. The van der Waals surface area contributed by atoms with E-state index < -0.39 is 0 Å². The average Bonchev–Trinajstić information content (AvgIpc) is 3.39. The molecule has 0 saturated carbocycles. The molecule has 2 fully saturated rings. The van der Waals surface area contributed by atoms with E-state index in [0.29, 0.717) is 11.7 Å². The molecule has 0 radical (unpaired) electrons. The number of halogens is 1. The predicted octanol–water partition coefficient (Wildman–Crippen LogP) is 4.95. The molecule has 0 amide bonds. The minimum Gasteiger partial charge on any atom is -0.348 e. The van der Waals surface area contributed by atoms with Crippen LogP contribution in [0, 0.1) is 12.7 Å². The first-order chi connectivity index (χ1) is 15.2. The predicted molar refractivity (Wildman–Crippen MR) is 127 cm³/mol. The molecule has 8 heteroatoms. The Kier molecular flexibility index (Phi) is 4.21. The smallest absolute Gasteiger partial charge is 0.186 e. The largest absolute Gasteiger partial charge is 0.348 e. The number of thiazole rings is 1. The summed E-state index contributed by atoms with van der Waals surface area (Å²) in [4.78, 5) is 16.1. The van der Waals surface area contributed by atoms with Crippen LogP contribution < -0.4 is 10.2 Å². The second-order valence-corrected chi connectivity index (χ2v) is 11.2. The van der Waals surface area contributed by atoms with E-state index in [-0.39, 0.29) is 16.9 Å². The lowest BCUT2D eigenvalue weighted by Crippen LogP contribution is -2.58. The molecular formula is C24H27FN6S. The molecule has 6 nitrogen and oxygen atoms in total. The van der Waals surface area contributed by atoms with Gasteiger partial charge in [-0.1, -0.05) is 11.3 Å². The summed E-state index contributed by atoms with van der Waals surface area (Å²) in [5.74, 6) is -0.343. The van der Waals surface area contributed by atoms with Crippen molar-refractivity contribution < 1.29 is 4.39 Å². The molecule has 166 valence electrons. The van der Waals surface area contributed by atoms with E-state index in [9.17, 15) is 4.39 Å². The lowest BCUT2D eigenvalue weighted by Gasteiger charge is -2.45. The Hall–Kier alpha value is -2.58. The molecule has 2 bridgehead atoms. The molecule has 3 atom stereocenters. The summed E-state index contributed by atoms with van der Waals surface area (Å²) in [7, 11) is 2.17. The second-order valence-electron chi connectivity index (χ2n) is 10.1. The summed E-state index contributed by atoms with van der Waals surface area (Å²) in [6.45, 7) is 6.56. The monoisotopic (exact) mass is 450 g/mol. The van der Waals surface area contributed by atoms with Gasteiger partial charge >= 0.3 is 0 Å². The van der Waals surface area contributed by atoms with Crippen LogP contribution in [0.3, 0.4) is 0 Å². The van der Waals surface area contributed by atoms with Gasteiger partial charge in [0.05, 0.1) is 22.3 Å². The van der Waals surface area contributed by atoms with E-state index in [0.717, 1.165) is 45.1 Å². The molecule has 0 aromatic carbocycles. The van der Waals surface area contributed by atoms with Crippen LogP contribution in [0.4, 0.5) is 9.52 Å². The van der Waals surface area contributed by atoms with Gasteiger partial charge in [0.1, 0.15) is 5.52 Å². The van der Waals surface area contributed by atoms with Crippen molar-refractivity contribution in [3.63, 3.8) is 0 Å². The Bertz CT molecular complexity index is 1340. The number of hydrogen-bond donors (Lipinski definition) is 1. The van der Waals surface area contributed by atoms with Crippen LogP contribution in [0.25, 0.3) is 27.1 Å². The Morgan fingerprint density at radius 1 is 1.16 bits per heavy atom. The lowest BCUT2D eigenvalue weighted by molar-refractivity contribution is 0.208. The molecule has 6 rings (SSSR count). The molecule has 2 aliphatic heterocycles. The molecule has 0 unspecified atom stereocenters. The van der Waals surface area contributed by atoms with Gasteiger partial charge in [-0.25, -0.2) is 14.4 Å². The highest BCUT2D eigenvalue weighted by Crippen LogP contribution is 2.44. The van der Waals surface area contributed by atoms with Crippen molar-refractivity contribution in [2.75, 3.05) is 11.9 Å². The quantitative estimate of drug-likeness (QED) is 0.478. The summed E-state index contributed by atoms with van der Waals surface area (Å²) in [5.41, 5.74) is 3.91. The number of nitrogens with zero attached hydrogens (tertiary/aromatic N) is 5. The van der Waals surface area contributed by atoms with E-state index in [2.05, 4.69) is 41.1 Å². The Morgan fingerprint density at radius 3 is 2.66 bits per heavy atom. The highest BCUT2D eigenvalue weighted by molar-refractivity contribution is 7.22. The molecule has 32 heavy (non-hydrogen) atoms. The summed E-state index contributed by atoms with van der Waals surface area (Å²) in [6, 6.07) is 3.99. The van der Waals surface area contributed by atoms with Crippen LogP contribution >= 0.6 is 11.3 Å². The lowest BCUT2D eigenvalue weighted by atomic mass is 9.84. The first kappa shape index (κ1) is 20.1. The van der Waals surface area contributed by atoms with Crippen molar-refractivity contribution >= 4 is 32.3 Å². The number of pyridine rings is 2. The molecule has 1 N–H and O–H groups in total. The van der Waals surface area contributed by atoms with E-state index in [4.69, 9.17) is 4.98 Å². The molecular weight excluding hydrogens is 423 g/mol. The second kappa shape index (κ2) is 6.71. The zero-order chi connectivity index (χ0) is 22.3. The fourth-order valence-corrected chi connectivity index (χ4v) is 6.71. The Labute approximate surface area is 190 Å². The van der Waals surface area contributed by atoms with Crippen LogP contribution in [0.5, 0.6) is 0 Å². The highest BCUT2D eigenvalue weighted by Gasteiger charge is 2.49. The third-order valence-corrected chi connectivity index (χ3v) is 8.35. The van der Waals surface area contributed by atoms with Gasteiger partial charge < -0.3 is 14.6 Å². The zero-order valence-corrected chi connectivity index (χ0v) is 19.6. The Morgan fingerprint density at radius 2 is 1.91 bits per heavy atom. The minimum atomic E-state index is -0.343. The Balaban J connectivity index is 1.33. The van der Waals surface area contributed by atoms with Crippen LogP contribution in [0.1, 0.15) is 45.2 Å². The van der Waals surface area contributed by atoms with E-state index in [1.54, 1.807) is 21.9 Å². The topological polar surface area (TPSA) is 58.4 Å². The molecule has 0 spiro atoms. The zero-order valence-electron chi connectivity index (χ0n) is 18.8. The normalized spacial score (nSPS) is 27.5. The van der Waals surface area contributed by atoms with Crippen molar-refractivity contribution in [1.82, 2.24) is 24.7 Å². The number of imidazole rings is 1. The number of anilines is 1. The van der Waals surface area contributed by atoms with Gasteiger partial charge in [-0.05, 0) is 58.6 Å². The third-order valence-electron chi connectivity index (χ3n) is 7.24. The molecule has 2 aliphatic rings. The molecule has 2 saturated heterocycles. The van der Waals surface area contributed by atoms with Gasteiger partial charge in [0.2, 0.25) is 0 Å². The van der Waals surface area contributed by atoms with Crippen LogP contribution in [0.15, 0.2) is 30.7 Å². The highest BCUT2D eigenvalue weighted by atomic mass is 32.1. The minimum absolute atomic E-state index is 0.214. The van der Waals surface area contributed by atoms with E-state index >= 15 is 0 Å². The molecule has 4 aromatic heterocycles. The fourth-order valence-electron chi connectivity index (χ4n) is 5.70. The number of aryl methyl sites for hydroxylation is 1. The van der Waals surface area contributed by atoms with Gasteiger partial charge in [0, 0.05) is 42.1 Å². The molecule has 0 aliphatic carbocycles. The number of hydrogen-bond acceptors (Lipinski definition) is 6. The maximum absolute atomic E-state index is 14.6. The first-order valence-electron chi connectivity index (χ1n) is 11.1. The van der Waals surface area contributed by atoms with Crippen molar-refractivity contribution in [3.8, 4) is 11.3 Å². The van der Waals surface area contributed by atoms with Crippen LogP contribution in [-0.4, -0.2) is 43.5 Å². The van der Waals surface area contributed by atoms with E-state index in [1.807, 2.05) is 25.4 Å². The van der Waals surface area contributed by atoms with E-state index in [1.165, 1.54) is 18.9 Å². The van der Waals surface area contributed by atoms with Crippen molar-refractivity contribution in [3.05, 3.63) is 42.2 Å². The van der Waals surface area contributed by atoms with Gasteiger partial charge in [-0.2, -0.15) is 0 Å². The first-order valence-corrected chi connectivity index (χ1v) is 12.0. The number of fused-ring (bicyclic) bond motifs is 4. The maximum atomic E-state index is 14.6. The SMILES string of the molecule is Cc1cn2cc(-c3cc4sc(N(C)[C@H]5C[C@]6(C)CC[C@](C)(C5)N6)nc4cn3)cc(F)c2n1. The third kappa shape index (κ3) is 3.19. The van der Waals surface area contributed by atoms with Gasteiger partial charge in [0.15, 0.2) is 16.6 Å². The number of aromatic nitrogens is 4. The fraction of sp³-hybridized carbons (Fsp3) is 0.458. The summed E-state index contributed by atoms with van der Waals surface area (Å²) < 4.78 is 17.4. The standard InChI is InChI=1S/C24H27FN6S/c1-14-12-31-13-15(7-17(25)21(31)27-14)18-8-20-19(11-26-18)28-22(32-20)30(4)16-9-23(2)5-6-24(3,10-16)29-23/h7-8,11-13,16,29H,5-6,9-10H2,1-4H3/t16-,23-,24+. The van der Waals surface area contributed by atoms with Gasteiger partial charge in [-0.15, -0.1) is 0 Å². The van der Waals surface area contributed by atoms with Crippen molar-refractivity contribution in [2.45, 2.75) is 63.6 Å². The van der Waals surface area contributed by atoms with Gasteiger partial charge in [-0.3, -0.25) is 4.98 Å². The summed E-state index contributed by atoms with van der Waals surface area (Å²) in [5, 5.41) is 4.88. The number of piperidine rings is 1.